The molecule has 0 bridgehead atoms. The minimum absolute atomic E-state index is 0.269. The van der Waals surface area contributed by atoms with Crippen molar-refractivity contribution >= 4 is 11.3 Å². The number of allylic oxidation sites excluding steroid dienone is 2. The summed E-state index contributed by atoms with van der Waals surface area (Å²) in [6, 6.07) is 6.34. The van der Waals surface area contributed by atoms with Crippen molar-refractivity contribution in [1.82, 2.24) is 0 Å². The van der Waals surface area contributed by atoms with Gasteiger partial charge in [-0.25, -0.2) is 0 Å². The fraction of sp³-hybridized carbons (Fsp3) is 0.579. The van der Waals surface area contributed by atoms with Crippen LogP contribution in [-0.4, -0.2) is 13.2 Å². The summed E-state index contributed by atoms with van der Waals surface area (Å²) in [5, 5.41) is 0. The quantitative estimate of drug-likeness (QED) is 0.816. The van der Waals surface area contributed by atoms with Gasteiger partial charge >= 0.3 is 0 Å². The molecule has 0 saturated carbocycles. The molecule has 1 aromatic carbocycles. The molecule has 1 aliphatic carbocycles. The zero-order chi connectivity index (χ0) is 15.8. The molecule has 0 amide bonds. The smallest absolute Gasteiger partial charge is 0.0486 e. The Morgan fingerprint density at radius 3 is 2.45 bits per heavy atom. The molecule has 0 spiro atoms. The van der Waals surface area contributed by atoms with Crippen LogP contribution >= 0.6 is 0 Å². The van der Waals surface area contributed by atoms with E-state index >= 15 is 0 Å². The third kappa shape index (κ3) is 3.06. The van der Waals surface area contributed by atoms with Gasteiger partial charge in [0, 0.05) is 30.0 Å². The van der Waals surface area contributed by atoms with E-state index < -0.39 is 0 Å². The van der Waals surface area contributed by atoms with Crippen LogP contribution in [0.25, 0.3) is 5.57 Å². The summed E-state index contributed by atoms with van der Waals surface area (Å²) in [5.41, 5.74) is 17.7. The molecule has 3 rings (SSSR count). The summed E-state index contributed by atoms with van der Waals surface area (Å²) >= 11 is 0. The third-order valence-electron chi connectivity index (χ3n) is 5.33. The maximum atomic E-state index is 6.63. The minimum Gasteiger partial charge on any atom is -0.398 e. The normalized spacial score (nSPS) is 23.9. The van der Waals surface area contributed by atoms with Crippen LogP contribution in [0.1, 0.15) is 57.1 Å². The SMILES string of the molecule is CC1(C)CC=C(c2cc(C3(N)CCOCC3)ccc2N)CC1. The van der Waals surface area contributed by atoms with Crippen LogP contribution in [0.3, 0.4) is 0 Å². The van der Waals surface area contributed by atoms with E-state index in [2.05, 4.69) is 32.1 Å². The molecule has 4 N–H and O–H groups in total. The number of nitrogens with two attached hydrogens (primary N) is 2. The predicted molar refractivity (Wildman–Crippen MR) is 92.4 cm³/mol. The van der Waals surface area contributed by atoms with Gasteiger partial charge in [0.2, 0.25) is 0 Å². The van der Waals surface area contributed by atoms with Gasteiger partial charge in [0.25, 0.3) is 0 Å². The highest BCUT2D eigenvalue weighted by Crippen LogP contribution is 2.40. The first-order valence-corrected chi connectivity index (χ1v) is 8.36. The number of rotatable bonds is 2. The number of hydrogen-bond donors (Lipinski definition) is 2. The second kappa shape index (κ2) is 5.71. The molecule has 3 nitrogen and oxygen atoms in total. The summed E-state index contributed by atoms with van der Waals surface area (Å²) in [7, 11) is 0. The highest BCUT2D eigenvalue weighted by atomic mass is 16.5. The first kappa shape index (κ1) is 15.6. The summed E-state index contributed by atoms with van der Waals surface area (Å²) in [5.74, 6) is 0. The van der Waals surface area contributed by atoms with Crippen molar-refractivity contribution < 1.29 is 4.74 Å². The number of anilines is 1. The fourth-order valence-corrected chi connectivity index (χ4v) is 3.49. The zero-order valence-corrected chi connectivity index (χ0v) is 13.8. The van der Waals surface area contributed by atoms with Crippen molar-refractivity contribution in [3.63, 3.8) is 0 Å². The molecule has 0 aromatic heterocycles. The summed E-state index contributed by atoms with van der Waals surface area (Å²) in [6.45, 7) is 6.15. The van der Waals surface area contributed by atoms with E-state index in [1.807, 2.05) is 6.07 Å². The number of nitrogen functional groups attached to an aromatic ring is 1. The first-order valence-electron chi connectivity index (χ1n) is 8.36. The van der Waals surface area contributed by atoms with Gasteiger partial charge in [-0.1, -0.05) is 26.0 Å². The van der Waals surface area contributed by atoms with Crippen molar-refractivity contribution in [2.45, 2.75) is 51.5 Å². The Balaban J connectivity index is 1.92. The molecule has 0 unspecified atom stereocenters. The number of ether oxygens (including phenoxy) is 1. The third-order valence-corrected chi connectivity index (χ3v) is 5.33. The van der Waals surface area contributed by atoms with E-state index in [0.29, 0.717) is 5.41 Å². The predicted octanol–water partition coefficient (Wildman–Crippen LogP) is 3.83. The summed E-state index contributed by atoms with van der Waals surface area (Å²) in [6.07, 6.45) is 7.55. The summed E-state index contributed by atoms with van der Waals surface area (Å²) in [4.78, 5) is 0. The monoisotopic (exact) mass is 300 g/mol. The van der Waals surface area contributed by atoms with Gasteiger partial charge < -0.3 is 16.2 Å². The van der Waals surface area contributed by atoms with Crippen LogP contribution in [0.4, 0.5) is 5.69 Å². The maximum absolute atomic E-state index is 6.63. The molecule has 120 valence electrons. The molecule has 0 atom stereocenters. The van der Waals surface area contributed by atoms with E-state index in [1.54, 1.807) is 0 Å². The molecule has 3 heteroatoms. The van der Waals surface area contributed by atoms with Gasteiger partial charge in [-0.3, -0.25) is 0 Å². The lowest BCUT2D eigenvalue weighted by Gasteiger charge is -2.35. The molecule has 1 saturated heterocycles. The average molecular weight is 300 g/mol. The van der Waals surface area contributed by atoms with Crippen molar-refractivity contribution in [2.24, 2.45) is 11.1 Å². The fourth-order valence-electron chi connectivity index (χ4n) is 3.49. The van der Waals surface area contributed by atoms with E-state index in [9.17, 15) is 0 Å². The molecule has 0 radical (unpaired) electrons. The van der Waals surface area contributed by atoms with Crippen LogP contribution in [0.5, 0.6) is 0 Å². The topological polar surface area (TPSA) is 61.3 Å². The van der Waals surface area contributed by atoms with E-state index in [-0.39, 0.29) is 5.54 Å². The van der Waals surface area contributed by atoms with Crippen molar-refractivity contribution in [3.05, 3.63) is 35.4 Å². The lowest BCUT2D eigenvalue weighted by atomic mass is 9.76. The molecular weight excluding hydrogens is 272 g/mol. The molecule has 1 aromatic rings. The van der Waals surface area contributed by atoms with E-state index in [0.717, 1.165) is 44.6 Å². The largest absolute Gasteiger partial charge is 0.398 e. The Morgan fingerprint density at radius 2 is 1.82 bits per heavy atom. The van der Waals surface area contributed by atoms with Gasteiger partial charge in [-0.05, 0) is 60.8 Å². The van der Waals surface area contributed by atoms with Gasteiger partial charge in [0.15, 0.2) is 0 Å². The minimum atomic E-state index is -0.269. The lowest BCUT2D eigenvalue weighted by Crippen LogP contribution is -2.42. The van der Waals surface area contributed by atoms with E-state index in [4.69, 9.17) is 16.2 Å². The summed E-state index contributed by atoms with van der Waals surface area (Å²) < 4.78 is 5.46. The van der Waals surface area contributed by atoms with Gasteiger partial charge in [-0.2, -0.15) is 0 Å². The molecular formula is C19H28N2O. The second-order valence-electron chi connectivity index (χ2n) is 7.67. The standard InChI is InChI=1S/C19H28N2O/c1-18(2)7-5-14(6-8-18)16-13-15(3-4-17(16)20)19(21)9-11-22-12-10-19/h3-5,13H,6-12,20-21H2,1-2H3. The van der Waals surface area contributed by atoms with Gasteiger partial charge in [0.1, 0.15) is 0 Å². The van der Waals surface area contributed by atoms with Crippen LogP contribution in [0.15, 0.2) is 24.3 Å². The van der Waals surface area contributed by atoms with Crippen molar-refractivity contribution in [3.8, 4) is 0 Å². The second-order valence-corrected chi connectivity index (χ2v) is 7.67. The molecule has 2 aliphatic rings. The first-order chi connectivity index (χ1) is 10.4. The molecule has 1 aliphatic heterocycles. The Bertz CT molecular complexity index is 583. The van der Waals surface area contributed by atoms with Crippen LogP contribution in [0, 0.1) is 5.41 Å². The Labute approximate surface area is 133 Å². The number of hydrogen-bond acceptors (Lipinski definition) is 3. The van der Waals surface area contributed by atoms with Crippen LogP contribution < -0.4 is 11.5 Å². The van der Waals surface area contributed by atoms with Crippen molar-refractivity contribution in [2.75, 3.05) is 18.9 Å². The average Bonchev–Trinajstić information content (AvgIpc) is 2.49. The highest BCUT2D eigenvalue weighted by molar-refractivity contribution is 5.76. The Morgan fingerprint density at radius 1 is 1.09 bits per heavy atom. The lowest BCUT2D eigenvalue weighted by molar-refractivity contribution is 0.0522. The van der Waals surface area contributed by atoms with Gasteiger partial charge in [-0.15, -0.1) is 0 Å². The van der Waals surface area contributed by atoms with Gasteiger partial charge in [0.05, 0.1) is 0 Å². The molecule has 22 heavy (non-hydrogen) atoms. The molecule has 1 heterocycles. The van der Waals surface area contributed by atoms with E-state index in [1.165, 1.54) is 23.1 Å². The van der Waals surface area contributed by atoms with Crippen molar-refractivity contribution in [1.29, 1.82) is 0 Å². The molecule has 1 fully saturated rings. The van der Waals surface area contributed by atoms with Crippen LogP contribution in [0.2, 0.25) is 0 Å². The Kier molecular flexibility index (Phi) is 4.04. The van der Waals surface area contributed by atoms with Crippen LogP contribution in [-0.2, 0) is 10.3 Å². The Hall–Kier alpha value is -1.32. The highest BCUT2D eigenvalue weighted by Gasteiger charge is 2.31. The maximum Gasteiger partial charge on any atom is 0.0486 e. The number of benzene rings is 1. The zero-order valence-electron chi connectivity index (χ0n) is 13.8.